The van der Waals surface area contributed by atoms with Crippen molar-refractivity contribution in [2.75, 3.05) is 0 Å². The van der Waals surface area contributed by atoms with E-state index in [0.29, 0.717) is 17.0 Å². The number of carbonyl (C=O) groups is 1. The molecule has 0 saturated heterocycles. The van der Waals surface area contributed by atoms with E-state index in [2.05, 4.69) is 15.5 Å². The van der Waals surface area contributed by atoms with Crippen molar-refractivity contribution in [2.45, 2.75) is 0 Å². The number of hydrogen-bond donors (Lipinski definition) is 2. The number of fused-ring (bicyclic) bond motifs is 1. The van der Waals surface area contributed by atoms with Crippen LogP contribution in [0.25, 0.3) is 10.9 Å². The van der Waals surface area contributed by atoms with Gasteiger partial charge in [-0.25, -0.2) is 9.82 Å². The maximum absolute atomic E-state index is 13.3. The van der Waals surface area contributed by atoms with Crippen LogP contribution in [-0.2, 0) is 0 Å². The van der Waals surface area contributed by atoms with Crippen molar-refractivity contribution in [2.24, 2.45) is 5.10 Å². The van der Waals surface area contributed by atoms with E-state index >= 15 is 0 Å². The first-order chi connectivity index (χ1) is 13.2. The maximum atomic E-state index is 13.3. The Morgan fingerprint density at radius 2 is 1.52 bits per heavy atom. The second kappa shape index (κ2) is 7.25. The Bertz CT molecular complexity index is 1080. The van der Waals surface area contributed by atoms with Crippen LogP contribution in [0, 0.1) is 5.82 Å². The van der Waals surface area contributed by atoms with Gasteiger partial charge in [-0.1, -0.05) is 48.5 Å². The number of H-pyrrole nitrogens is 1. The number of nitrogens with one attached hydrogen (secondary N) is 2. The van der Waals surface area contributed by atoms with Gasteiger partial charge in [-0.2, -0.15) is 5.10 Å². The zero-order chi connectivity index (χ0) is 18.6. The van der Waals surface area contributed by atoms with Crippen molar-refractivity contribution in [3.8, 4) is 0 Å². The molecule has 0 aliphatic heterocycles. The van der Waals surface area contributed by atoms with E-state index in [-0.39, 0.29) is 11.7 Å². The van der Waals surface area contributed by atoms with E-state index in [0.717, 1.165) is 16.5 Å². The molecule has 2 N–H and O–H groups in total. The number of para-hydroxylation sites is 1. The predicted molar refractivity (Wildman–Crippen MR) is 104 cm³/mol. The molecule has 1 amide bonds. The molecule has 0 aliphatic carbocycles. The van der Waals surface area contributed by atoms with Gasteiger partial charge < -0.3 is 4.98 Å². The first-order valence-corrected chi connectivity index (χ1v) is 8.48. The molecule has 5 heteroatoms. The summed E-state index contributed by atoms with van der Waals surface area (Å²) >= 11 is 0. The number of hydrazone groups is 1. The SMILES string of the molecule is O=C(N/N=C(\c1ccccc1)c1ccc(F)cc1)c1cc2ccccc2[nH]1. The molecule has 132 valence electrons. The van der Waals surface area contributed by atoms with Crippen molar-refractivity contribution in [3.63, 3.8) is 0 Å². The van der Waals surface area contributed by atoms with Gasteiger partial charge in [0.25, 0.3) is 5.91 Å². The maximum Gasteiger partial charge on any atom is 0.287 e. The monoisotopic (exact) mass is 357 g/mol. The van der Waals surface area contributed by atoms with Crippen LogP contribution in [-0.4, -0.2) is 16.6 Å². The summed E-state index contributed by atoms with van der Waals surface area (Å²) in [6.45, 7) is 0. The average molecular weight is 357 g/mol. The van der Waals surface area contributed by atoms with Crippen molar-refractivity contribution >= 4 is 22.5 Å². The lowest BCUT2D eigenvalue weighted by atomic mass is 10.0. The standard InChI is InChI=1S/C22H16FN3O/c23-18-12-10-16(11-13-18)21(15-6-2-1-3-7-15)25-26-22(27)20-14-17-8-4-5-9-19(17)24-20/h1-14,24H,(H,26,27)/b25-21+. The van der Waals surface area contributed by atoms with Crippen LogP contribution in [0.3, 0.4) is 0 Å². The lowest BCUT2D eigenvalue weighted by Crippen LogP contribution is -2.21. The van der Waals surface area contributed by atoms with E-state index in [1.165, 1.54) is 12.1 Å². The number of rotatable bonds is 4. The summed E-state index contributed by atoms with van der Waals surface area (Å²) in [7, 11) is 0. The van der Waals surface area contributed by atoms with E-state index in [4.69, 9.17) is 0 Å². The van der Waals surface area contributed by atoms with Gasteiger partial charge >= 0.3 is 0 Å². The Hall–Kier alpha value is -3.73. The van der Waals surface area contributed by atoms with Crippen molar-refractivity contribution in [1.82, 2.24) is 10.4 Å². The highest BCUT2D eigenvalue weighted by Crippen LogP contribution is 2.15. The van der Waals surface area contributed by atoms with Gasteiger partial charge in [-0.15, -0.1) is 0 Å². The molecule has 0 unspecified atom stereocenters. The Labute approximate surface area is 155 Å². The van der Waals surface area contributed by atoms with Crippen LogP contribution < -0.4 is 5.43 Å². The fraction of sp³-hybridized carbons (Fsp3) is 0. The summed E-state index contributed by atoms with van der Waals surface area (Å²) in [6, 6.07) is 24.9. The Morgan fingerprint density at radius 1 is 0.852 bits per heavy atom. The first kappa shape index (κ1) is 16.7. The number of hydrogen-bond acceptors (Lipinski definition) is 2. The fourth-order valence-electron chi connectivity index (χ4n) is 2.86. The average Bonchev–Trinajstić information content (AvgIpc) is 3.14. The third kappa shape index (κ3) is 3.62. The number of aromatic nitrogens is 1. The summed E-state index contributed by atoms with van der Waals surface area (Å²) in [4.78, 5) is 15.6. The molecule has 0 bridgehead atoms. The predicted octanol–water partition coefficient (Wildman–Crippen LogP) is 4.49. The minimum absolute atomic E-state index is 0.326. The first-order valence-electron chi connectivity index (χ1n) is 8.48. The van der Waals surface area contributed by atoms with Crippen molar-refractivity contribution in [3.05, 3.63) is 108 Å². The molecule has 27 heavy (non-hydrogen) atoms. The normalized spacial score (nSPS) is 11.5. The molecule has 4 aromatic rings. The number of aromatic amines is 1. The second-order valence-electron chi connectivity index (χ2n) is 6.04. The molecule has 1 aromatic heterocycles. The van der Waals surface area contributed by atoms with E-state index in [9.17, 15) is 9.18 Å². The van der Waals surface area contributed by atoms with Gasteiger partial charge in [-0.05, 0) is 36.4 Å². The van der Waals surface area contributed by atoms with Gasteiger partial charge in [0.15, 0.2) is 0 Å². The van der Waals surface area contributed by atoms with Crippen LogP contribution in [0.15, 0.2) is 90.0 Å². The van der Waals surface area contributed by atoms with Crippen LogP contribution in [0.5, 0.6) is 0 Å². The minimum Gasteiger partial charge on any atom is -0.350 e. The van der Waals surface area contributed by atoms with Crippen LogP contribution in [0.1, 0.15) is 21.6 Å². The van der Waals surface area contributed by atoms with Crippen LogP contribution in [0.4, 0.5) is 4.39 Å². The lowest BCUT2D eigenvalue weighted by Gasteiger charge is -2.08. The molecule has 4 nitrogen and oxygen atoms in total. The quantitative estimate of drug-likeness (QED) is 0.410. The zero-order valence-electron chi connectivity index (χ0n) is 14.3. The molecule has 0 saturated carbocycles. The second-order valence-corrected chi connectivity index (χ2v) is 6.04. The Morgan fingerprint density at radius 3 is 2.26 bits per heavy atom. The van der Waals surface area contributed by atoms with Crippen LogP contribution in [0.2, 0.25) is 0 Å². The zero-order valence-corrected chi connectivity index (χ0v) is 14.3. The highest BCUT2D eigenvalue weighted by molar-refractivity contribution is 6.13. The molecule has 1 heterocycles. The summed E-state index contributed by atoms with van der Waals surface area (Å²) in [5.74, 6) is -0.671. The molecular formula is C22H16FN3O. The number of benzene rings is 3. The summed E-state index contributed by atoms with van der Waals surface area (Å²) in [5, 5.41) is 5.27. The van der Waals surface area contributed by atoms with Crippen LogP contribution >= 0.6 is 0 Å². The smallest absolute Gasteiger partial charge is 0.287 e. The molecule has 0 aliphatic rings. The molecule has 0 fully saturated rings. The highest BCUT2D eigenvalue weighted by atomic mass is 19.1. The topological polar surface area (TPSA) is 57.2 Å². The number of amides is 1. The third-order valence-electron chi connectivity index (χ3n) is 4.21. The number of halogens is 1. The van der Waals surface area contributed by atoms with Crippen molar-refractivity contribution < 1.29 is 9.18 Å². The summed E-state index contributed by atoms with van der Waals surface area (Å²) in [5.41, 5.74) is 5.99. The van der Waals surface area contributed by atoms with Gasteiger partial charge in [0.05, 0.1) is 5.71 Å². The summed E-state index contributed by atoms with van der Waals surface area (Å²) in [6.07, 6.45) is 0. The van der Waals surface area contributed by atoms with Crippen molar-refractivity contribution in [1.29, 1.82) is 0 Å². The third-order valence-corrected chi connectivity index (χ3v) is 4.21. The molecule has 3 aromatic carbocycles. The molecular weight excluding hydrogens is 341 g/mol. The van der Waals surface area contributed by atoms with E-state index < -0.39 is 0 Å². The fourth-order valence-corrected chi connectivity index (χ4v) is 2.86. The molecule has 0 radical (unpaired) electrons. The van der Waals surface area contributed by atoms with Gasteiger partial charge in [0.1, 0.15) is 11.5 Å². The Balaban J connectivity index is 1.66. The number of nitrogens with zero attached hydrogens (tertiary/aromatic N) is 1. The van der Waals surface area contributed by atoms with Gasteiger partial charge in [0, 0.05) is 22.0 Å². The lowest BCUT2D eigenvalue weighted by molar-refractivity contribution is 0.0951. The molecule has 0 spiro atoms. The summed E-state index contributed by atoms with van der Waals surface area (Å²) < 4.78 is 13.3. The van der Waals surface area contributed by atoms with E-state index in [1.54, 1.807) is 18.2 Å². The highest BCUT2D eigenvalue weighted by Gasteiger charge is 2.11. The largest absolute Gasteiger partial charge is 0.350 e. The molecule has 0 atom stereocenters. The number of carbonyl (C=O) groups excluding carboxylic acids is 1. The van der Waals surface area contributed by atoms with E-state index in [1.807, 2.05) is 54.6 Å². The minimum atomic E-state index is -0.346. The Kier molecular flexibility index (Phi) is 4.49. The van der Waals surface area contributed by atoms with Gasteiger partial charge in [-0.3, -0.25) is 4.79 Å². The molecule has 4 rings (SSSR count). The van der Waals surface area contributed by atoms with Gasteiger partial charge in [0.2, 0.25) is 0 Å².